The Bertz CT molecular complexity index is 1170. The lowest BCUT2D eigenvalue weighted by molar-refractivity contribution is 0.0631. The number of amides is 1. The summed E-state index contributed by atoms with van der Waals surface area (Å²) in [6, 6.07) is 11.3. The third-order valence-corrected chi connectivity index (χ3v) is 7.05. The Morgan fingerprint density at radius 3 is 2.81 bits per heavy atom. The van der Waals surface area contributed by atoms with E-state index in [1.165, 1.54) is 0 Å². The average Bonchev–Trinajstić information content (AvgIpc) is 2.82. The number of carbonyl (C=O) groups is 1. The van der Waals surface area contributed by atoms with Crippen molar-refractivity contribution >= 4 is 28.6 Å². The van der Waals surface area contributed by atoms with Crippen molar-refractivity contribution in [1.82, 2.24) is 24.6 Å². The van der Waals surface area contributed by atoms with E-state index in [0.717, 1.165) is 59.7 Å². The highest BCUT2D eigenvalue weighted by Gasteiger charge is 2.22. The summed E-state index contributed by atoms with van der Waals surface area (Å²) >= 11 is 1.86. The number of fused-ring (bicyclic) bond motifs is 2. The number of carbonyl (C=O) groups excluding carboxylic acids is 1. The van der Waals surface area contributed by atoms with E-state index >= 15 is 0 Å². The van der Waals surface area contributed by atoms with Gasteiger partial charge >= 0.3 is 0 Å². The van der Waals surface area contributed by atoms with Crippen LogP contribution in [-0.2, 0) is 18.7 Å². The monoisotopic (exact) mass is 435 g/mol. The lowest BCUT2D eigenvalue weighted by atomic mass is 10.1. The van der Waals surface area contributed by atoms with Crippen LogP contribution in [0.1, 0.15) is 21.6 Å². The van der Waals surface area contributed by atoms with E-state index in [4.69, 9.17) is 0 Å². The number of nitrogens with zero attached hydrogens (tertiary/aromatic N) is 5. The second kappa shape index (κ2) is 8.80. The summed E-state index contributed by atoms with van der Waals surface area (Å²) in [6.07, 6.45) is 2.70. The Kier molecular flexibility index (Phi) is 5.74. The molecule has 0 aliphatic carbocycles. The molecule has 0 unspecified atom stereocenters. The molecule has 1 fully saturated rings. The zero-order chi connectivity index (χ0) is 21.2. The van der Waals surface area contributed by atoms with Crippen LogP contribution in [-0.4, -0.2) is 68.9 Å². The second-order valence-electron chi connectivity index (χ2n) is 8.02. The van der Waals surface area contributed by atoms with Crippen molar-refractivity contribution in [3.8, 4) is 0 Å². The molecule has 1 aromatic carbocycles. The summed E-state index contributed by atoms with van der Waals surface area (Å²) in [4.78, 5) is 33.8. The molecule has 0 atom stereocenters. The van der Waals surface area contributed by atoms with Gasteiger partial charge in [0.05, 0.1) is 17.8 Å². The Labute approximate surface area is 185 Å². The van der Waals surface area contributed by atoms with E-state index in [2.05, 4.69) is 15.0 Å². The van der Waals surface area contributed by atoms with Crippen molar-refractivity contribution in [2.75, 3.05) is 38.5 Å². The van der Waals surface area contributed by atoms with E-state index in [1.807, 2.05) is 47.0 Å². The number of pyridine rings is 1. The maximum Gasteiger partial charge on any atom is 0.267 e. The maximum absolute atomic E-state index is 12.9. The fraction of sp³-hybridized carbons (Fsp3) is 0.391. The highest BCUT2D eigenvalue weighted by molar-refractivity contribution is 7.98. The number of aryl methyl sites for hydroxylation is 1. The van der Waals surface area contributed by atoms with Crippen LogP contribution in [0.3, 0.4) is 0 Å². The van der Waals surface area contributed by atoms with Gasteiger partial charge in [0.2, 0.25) is 0 Å². The standard InChI is InChI=1S/C23H25N5O2S/c29-22-15-19-16-31-13-5-21(19)25-28(22)12-9-26-7-10-27(11-8-26)23(30)18-3-4-20-17(14-18)2-1-6-24-20/h1-4,6,14-15H,5,7-13,16H2. The molecule has 0 spiro atoms. The first kappa shape index (κ1) is 20.2. The summed E-state index contributed by atoms with van der Waals surface area (Å²) in [6.45, 7) is 4.34. The average molecular weight is 436 g/mol. The predicted molar refractivity (Wildman–Crippen MR) is 122 cm³/mol. The molecule has 5 rings (SSSR count). The van der Waals surface area contributed by atoms with E-state index in [0.29, 0.717) is 25.2 Å². The lowest BCUT2D eigenvalue weighted by Gasteiger charge is -2.34. The Morgan fingerprint density at radius 2 is 1.94 bits per heavy atom. The zero-order valence-corrected chi connectivity index (χ0v) is 18.2. The maximum atomic E-state index is 12.9. The van der Waals surface area contributed by atoms with Crippen LogP contribution in [0, 0.1) is 0 Å². The van der Waals surface area contributed by atoms with Crippen LogP contribution in [0.15, 0.2) is 47.4 Å². The smallest absolute Gasteiger partial charge is 0.267 e. The van der Waals surface area contributed by atoms with Gasteiger partial charge in [0.15, 0.2) is 0 Å². The normalized spacial score (nSPS) is 17.0. The molecule has 2 aliphatic heterocycles. The molecular weight excluding hydrogens is 410 g/mol. The Balaban J connectivity index is 1.18. The largest absolute Gasteiger partial charge is 0.336 e. The zero-order valence-electron chi connectivity index (χ0n) is 17.4. The molecule has 0 N–H and O–H groups in total. The number of hydrogen-bond donors (Lipinski definition) is 0. The minimum Gasteiger partial charge on any atom is -0.336 e. The molecule has 2 aromatic heterocycles. The first-order chi connectivity index (χ1) is 15.2. The quantitative estimate of drug-likeness (QED) is 0.625. The highest BCUT2D eigenvalue weighted by Crippen LogP contribution is 2.21. The van der Waals surface area contributed by atoms with Gasteiger partial charge in [0.1, 0.15) is 0 Å². The summed E-state index contributed by atoms with van der Waals surface area (Å²) < 4.78 is 1.61. The fourth-order valence-electron chi connectivity index (χ4n) is 4.21. The molecule has 7 nitrogen and oxygen atoms in total. The van der Waals surface area contributed by atoms with E-state index in [9.17, 15) is 9.59 Å². The van der Waals surface area contributed by atoms with E-state index < -0.39 is 0 Å². The minimum absolute atomic E-state index is 0.0131. The van der Waals surface area contributed by atoms with Crippen molar-refractivity contribution in [3.63, 3.8) is 0 Å². The predicted octanol–water partition coefficient (Wildman–Crippen LogP) is 2.04. The SMILES string of the molecule is O=C(c1ccc2ncccc2c1)N1CCN(CCn2nc3c(cc2=O)CSCC3)CC1. The van der Waals surface area contributed by atoms with Gasteiger partial charge in [-0.15, -0.1) is 0 Å². The topological polar surface area (TPSA) is 71.3 Å². The van der Waals surface area contributed by atoms with Crippen molar-refractivity contribution in [3.05, 3.63) is 69.8 Å². The van der Waals surface area contributed by atoms with Crippen LogP contribution >= 0.6 is 11.8 Å². The van der Waals surface area contributed by atoms with Crippen molar-refractivity contribution in [1.29, 1.82) is 0 Å². The third kappa shape index (κ3) is 4.36. The number of rotatable bonds is 4. The molecule has 1 saturated heterocycles. The molecule has 3 aromatic rings. The molecule has 0 saturated carbocycles. The van der Waals surface area contributed by atoms with Crippen molar-refractivity contribution in [2.24, 2.45) is 0 Å². The highest BCUT2D eigenvalue weighted by atomic mass is 32.2. The van der Waals surface area contributed by atoms with Gasteiger partial charge in [-0.05, 0) is 35.6 Å². The first-order valence-electron chi connectivity index (χ1n) is 10.7. The summed E-state index contributed by atoms with van der Waals surface area (Å²) in [5, 5.41) is 5.58. The Hall–Kier alpha value is -2.71. The molecular formula is C23H25N5O2S. The molecule has 2 aliphatic rings. The van der Waals surface area contributed by atoms with Crippen LogP contribution in [0.2, 0.25) is 0 Å². The minimum atomic E-state index is -0.0131. The molecule has 4 heterocycles. The molecule has 0 radical (unpaired) electrons. The van der Waals surface area contributed by atoms with Crippen LogP contribution in [0.5, 0.6) is 0 Å². The first-order valence-corrected chi connectivity index (χ1v) is 11.9. The lowest BCUT2D eigenvalue weighted by Crippen LogP contribution is -2.49. The van der Waals surface area contributed by atoms with Gasteiger partial charge < -0.3 is 4.90 Å². The summed E-state index contributed by atoms with van der Waals surface area (Å²) in [5.41, 5.74) is 3.75. The van der Waals surface area contributed by atoms with Gasteiger partial charge in [-0.2, -0.15) is 16.9 Å². The van der Waals surface area contributed by atoms with Crippen molar-refractivity contribution in [2.45, 2.75) is 18.7 Å². The van der Waals surface area contributed by atoms with Crippen LogP contribution < -0.4 is 5.56 Å². The molecule has 160 valence electrons. The number of thioether (sulfide) groups is 1. The number of aromatic nitrogens is 3. The fourth-order valence-corrected chi connectivity index (χ4v) is 5.17. The molecule has 31 heavy (non-hydrogen) atoms. The number of benzene rings is 1. The number of piperazine rings is 1. The van der Waals surface area contributed by atoms with E-state index in [1.54, 1.807) is 16.9 Å². The summed E-state index contributed by atoms with van der Waals surface area (Å²) in [7, 11) is 0. The number of hydrogen-bond acceptors (Lipinski definition) is 6. The van der Waals surface area contributed by atoms with Gasteiger partial charge in [-0.3, -0.25) is 19.5 Å². The molecule has 1 amide bonds. The van der Waals surface area contributed by atoms with Gasteiger partial charge in [-0.25, -0.2) is 4.68 Å². The van der Waals surface area contributed by atoms with Gasteiger partial charge in [0.25, 0.3) is 11.5 Å². The Morgan fingerprint density at radius 1 is 1.06 bits per heavy atom. The van der Waals surface area contributed by atoms with E-state index in [-0.39, 0.29) is 11.5 Å². The van der Waals surface area contributed by atoms with Crippen LogP contribution in [0.25, 0.3) is 10.9 Å². The summed E-state index contributed by atoms with van der Waals surface area (Å²) in [5.74, 6) is 2.03. The molecule has 8 heteroatoms. The van der Waals surface area contributed by atoms with Crippen molar-refractivity contribution < 1.29 is 4.79 Å². The van der Waals surface area contributed by atoms with Gasteiger partial charge in [-0.1, -0.05) is 6.07 Å². The van der Waals surface area contributed by atoms with Crippen LogP contribution in [0.4, 0.5) is 0 Å². The second-order valence-corrected chi connectivity index (χ2v) is 9.13. The molecule has 0 bridgehead atoms. The third-order valence-electron chi connectivity index (χ3n) is 6.04. The van der Waals surface area contributed by atoms with Gasteiger partial charge in [0, 0.05) is 68.1 Å².